The molecule has 2 aromatic rings. The largest absolute Gasteiger partial charge is 0.355 e. The Kier molecular flexibility index (Phi) is 7.28. The standard InChI is InChI=1S/C25H36N4O2/c1-28(21-8-3-2-4-9-21)16-13-26-24(30)17-19-11-14-29(15-12-19)25(31)23-18-20-7-5-6-10-22(20)27-23/h5-7,10,18-19,21,27H,2-4,8-9,11-17H2,1H3,(H,26,30). The quantitative estimate of drug-likeness (QED) is 0.711. The van der Waals surface area contributed by atoms with Gasteiger partial charge in [-0.05, 0) is 50.8 Å². The normalized spacial score (nSPS) is 18.6. The van der Waals surface area contributed by atoms with Crippen LogP contribution in [0.1, 0.15) is 61.9 Å². The van der Waals surface area contributed by atoms with Crippen LogP contribution in [0.3, 0.4) is 0 Å². The van der Waals surface area contributed by atoms with Crippen molar-refractivity contribution in [1.29, 1.82) is 0 Å². The first-order valence-electron chi connectivity index (χ1n) is 11.9. The van der Waals surface area contributed by atoms with Gasteiger partial charge in [0.15, 0.2) is 0 Å². The van der Waals surface area contributed by atoms with E-state index in [1.54, 1.807) is 0 Å². The van der Waals surface area contributed by atoms with Gasteiger partial charge < -0.3 is 20.1 Å². The molecule has 2 amide bonds. The molecule has 0 atom stereocenters. The summed E-state index contributed by atoms with van der Waals surface area (Å²) in [5.74, 6) is 0.574. The smallest absolute Gasteiger partial charge is 0.270 e. The molecule has 1 aliphatic heterocycles. The Bertz CT molecular complexity index is 846. The number of piperidine rings is 1. The Morgan fingerprint density at radius 3 is 2.58 bits per heavy atom. The first-order chi connectivity index (χ1) is 15.1. The highest BCUT2D eigenvalue weighted by Gasteiger charge is 2.26. The summed E-state index contributed by atoms with van der Waals surface area (Å²) in [6.45, 7) is 3.09. The molecule has 2 heterocycles. The van der Waals surface area contributed by atoms with Crippen LogP contribution in [-0.2, 0) is 4.79 Å². The predicted molar refractivity (Wildman–Crippen MR) is 124 cm³/mol. The molecule has 1 aromatic heterocycles. The predicted octanol–water partition coefficient (Wildman–Crippen LogP) is 3.79. The average Bonchev–Trinajstić information content (AvgIpc) is 3.24. The summed E-state index contributed by atoms with van der Waals surface area (Å²) in [5, 5.41) is 4.17. The number of carbonyl (C=O) groups is 2. The van der Waals surface area contributed by atoms with Crippen molar-refractivity contribution >= 4 is 22.7 Å². The molecule has 1 aromatic carbocycles. The van der Waals surface area contributed by atoms with Gasteiger partial charge in [0.25, 0.3) is 5.91 Å². The fourth-order valence-corrected chi connectivity index (χ4v) is 5.11. The van der Waals surface area contributed by atoms with E-state index in [1.807, 2.05) is 35.2 Å². The Morgan fingerprint density at radius 2 is 1.84 bits per heavy atom. The second kappa shape index (κ2) is 10.3. The van der Waals surface area contributed by atoms with Crippen molar-refractivity contribution in [3.05, 3.63) is 36.0 Å². The molecular weight excluding hydrogens is 388 g/mol. The average molecular weight is 425 g/mol. The number of hydrogen-bond donors (Lipinski definition) is 2. The molecule has 0 unspecified atom stereocenters. The lowest BCUT2D eigenvalue weighted by molar-refractivity contribution is -0.122. The molecule has 1 saturated carbocycles. The number of benzene rings is 1. The van der Waals surface area contributed by atoms with Crippen LogP contribution in [0, 0.1) is 5.92 Å². The van der Waals surface area contributed by atoms with E-state index in [0.717, 1.165) is 49.9 Å². The molecule has 2 N–H and O–H groups in total. The van der Waals surface area contributed by atoms with Crippen molar-refractivity contribution in [1.82, 2.24) is 20.1 Å². The Morgan fingerprint density at radius 1 is 1.10 bits per heavy atom. The molecule has 2 fully saturated rings. The highest BCUT2D eigenvalue weighted by molar-refractivity contribution is 5.98. The third-order valence-electron chi connectivity index (χ3n) is 7.12. The molecule has 168 valence electrons. The van der Waals surface area contributed by atoms with E-state index < -0.39 is 0 Å². The van der Waals surface area contributed by atoms with E-state index in [0.29, 0.717) is 24.1 Å². The lowest BCUT2D eigenvalue weighted by Gasteiger charge is -2.32. The highest BCUT2D eigenvalue weighted by Crippen LogP contribution is 2.23. The third kappa shape index (κ3) is 5.67. The number of likely N-dealkylation sites (N-methyl/N-ethyl adjacent to an activating group) is 1. The van der Waals surface area contributed by atoms with Crippen LogP contribution >= 0.6 is 0 Å². The summed E-state index contributed by atoms with van der Waals surface area (Å²) in [6, 6.07) is 10.6. The van der Waals surface area contributed by atoms with E-state index in [2.05, 4.69) is 22.2 Å². The van der Waals surface area contributed by atoms with Crippen LogP contribution in [-0.4, -0.2) is 65.9 Å². The Labute approximate surface area is 185 Å². The number of hydrogen-bond acceptors (Lipinski definition) is 3. The molecule has 1 saturated heterocycles. The molecule has 4 rings (SSSR count). The van der Waals surface area contributed by atoms with Gasteiger partial charge in [-0.2, -0.15) is 0 Å². The molecule has 31 heavy (non-hydrogen) atoms. The number of likely N-dealkylation sites (tertiary alicyclic amines) is 1. The SMILES string of the molecule is CN(CCNC(=O)CC1CCN(C(=O)c2cc3ccccc3[nH]2)CC1)C1CCCCC1. The van der Waals surface area contributed by atoms with E-state index in [4.69, 9.17) is 0 Å². The van der Waals surface area contributed by atoms with Crippen molar-refractivity contribution in [3.8, 4) is 0 Å². The topological polar surface area (TPSA) is 68.4 Å². The zero-order valence-electron chi connectivity index (χ0n) is 18.7. The third-order valence-corrected chi connectivity index (χ3v) is 7.12. The molecule has 0 radical (unpaired) electrons. The number of nitrogens with one attached hydrogen (secondary N) is 2. The summed E-state index contributed by atoms with van der Waals surface area (Å²) in [6.07, 6.45) is 8.98. The van der Waals surface area contributed by atoms with Gasteiger partial charge in [0.1, 0.15) is 5.69 Å². The van der Waals surface area contributed by atoms with E-state index in [-0.39, 0.29) is 11.8 Å². The summed E-state index contributed by atoms with van der Waals surface area (Å²) in [4.78, 5) is 32.8. The van der Waals surface area contributed by atoms with Gasteiger partial charge in [0.2, 0.25) is 5.91 Å². The Balaban J connectivity index is 1.16. The van der Waals surface area contributed by atoms with Crippen molar-refractivity contribution in [2.75, 3.05) is 33.2 Å². The van der Waals surface area contributed by atoms with Gasteiger partial charge in [0.05, 0.1) is 0 Å². The Hall–Kier alpha value is -2.34. The number of para-hydroxylation sites is 1. The van der Waals surface area contributed by atoms with Crippen LogP contribution in [0.15, 0.2) is 30.3 Å². The zero-order chi connectivity index (χ0) is 21.6. The van der Waals surface area contributed by atoms with Crippen molar-refractivity contribution in [2.45, 2.75) is 57.4 Å². The van der Waals surface area contributed by atoms with Crippen LogP contribution < -0.4 is 5.32 Å². The van der Waals surface area contributed by atoms with Gasteiger partial charge >= 0.3 is 0 Å². The maximum Gasteiger partial charge on any atom is 0.270 e. The summed E-state index contributed by atoms with van der Waals surface area (Å²) in [7, 11) is 2.18. The second-order valence-corrected chi connectivity index (χ2v) is 9.33. The fourth-order valence-electron chi connectivity index (χ4n) is 5.11. The summed E-state index contributed by atoms with van der Waals surface area (Å²) < 4.78 is 0. The molecule has 0 bridgehead atoms. The minimum absolute atomic E-state index is 0.0600. The molecular formula is C25H36N4O2. The van der Waals surface area contributed by atoms with Crippen LogP contribution in [0.4, 0.5) is 0 Å². The minimum Gasteiger partial charge on any atom is -0.355 e. The lowest BCUT2D eigenvalue weighted by Crippen LogP contribution is -2.41. The summed E-state index contributed by atoms with van der Waals surface area (Å²) in [5.41, 5.74) is 1.64. The number of carbonyl (C=O) groups excluding carboxylic acids is 2. The molecule has 1 aliphatic carbocycles. The number of aromatic amines is 1. The molecule has 0 spiro atoms. The monoisotopic (exact) mass is 424 g/mol. The number of amides is 2. The molecule has 6 nitrogen and oxygen atoms in total. The first kappa shape index (κ1) is 21.9. The van der Waals surface area contributed by atoms with Crippen molar-refractivity contribution < 1.29 is 9.59 Å². The second-order valence-electron chi connectivity index (χ2n) is 9.33. The molecule has 2 aliphatic rings. The number of nitrogens with zero attached hydrogens (tertiary/aromatic N) is 2. The van der Waals surface area contributed by atoms with Crippen LogP contribution in [0.5, 0.6) is 0 Å². The van der Waals surface area contributed by atoms with Crippen LogP contribution in [0.25, 0.3) is 10.9 Å². The maximum atomic E-state index is 12.8. The lowest BCUT2D eigenvalue weighted by atomic mass is 9.93. The summed E-state index contributed by atoms with van der Waals surface area (Å²) >= 11 is 0. The first-order valence-corrected chi connectivity index (χ1v) is 11.9. The number of aromatic nitrogens is 1. The fraction of sp³-hybridized carbons (Fsp3) is 0.600. The number of H-pyrrole nitrogens is 1. The van der Waals surface area contributed by atoms with Gasteiger partial charge in [-0.25, -0.2) is 0 Å². The number of rotatable bonds is 7. The maximum absolute atomic E-state index is 12.8. The van der Waals surface area contributed by atoms with Gasteiger partial charge in [-0.3, -0.25) is 9.59 Å². The van der Waals surface area contributed by atoms with Crippen molar-refractivity contribution in [3.63, 3.8) is 0 Å². The van der Waals surface area contributed by atoms with E-state index in [1.165, 1.54) is 32.1 Å². The van der Waals surface area contributed by atoms with Gasteiger partial charge in [0, 0.05) is 49.5 Å². The van der Waals surface area contributed by atoms with E-state index >= 15 is 0 Å². The van der Waals surface area contributed by atoms with Crippen LogP contribution in [0.2, 0.25) is 0 Å². The molecule has 6 heteroatoms. The number of fused-ring (bicyclic) bond motifs is 1. The minimum atomic E-state index is 0.0600. The zero-order valence-corrected chi connectivity index (χ0v) is 18.7. The van der Waals surface area contributed by atoms with Gasteiger partial charge in [-0.15, -0.1) is 0 Å². The van der Waals surface area contributed by atoms with Crippen molar-refractivity contribution in [2.24, 2.45) is 5.92 Å². The van der Waals surface area contributed by atoms with Gasteiger partial charge in [-0.1, -0.05) is 37.5 Å². The highest BCUT2D eigenvalue weighted by atomic mass is 16.2. The van der Waals surface area contributed by atoms with E-state index in [9.17, 15) is 9.59 Å².